The first kappa shape index (κ1) is 27.2. The van der Waals surface area contributed by atoms with Crippen molar-refractivity contribution >= 4 is 18.0 Å². The van der Waals surface area contributed by atoms with Crippen molar-refractivity contribution in [2.24, 2.45) is 0 Å². The van der Waals surface area contributed by atoms with Gasteiger partial charge in [0.1, 0.15) is 12.6 Å². The summed E-state index contributed by atoms with van der Waals surface area (Å²) in [5.41, 5.74) is 2.84. The molecule has 0 aliphatic carbocycles. The number of hydrogen-bond donors (Lipinski definition) is 2. The van der Waals surface area contributed by atoms with Crippen LogP contribution in [0.1, 0.15) is 23.1 Å². The normalized spacial score (nSPS) is 12.4. The van der Waals surface area contributed by atoms with Crippen molar-refractivity contribution < 1.29 is 23.9 Å². The number of aryl methyl sites for hydroxylation is 1. The van der Waals surface area contributed by atoms with Gasteiger partial charge in [-0.2, -0.15) is 0 Å². The van der Waals surface area contributed by atoms with Crippen molar-refractivity contribution in [1.82, 2.24) is 10.6 Å². The molecular formula is C30H32N2O5. The molecule has 2 N–H and O–H groups in total. The first-order valence-electron chi connectivity index (χ1n) is 12.1. The minimum Gasteiger partial charge on any atom is -0.466 e. The van der Waals surface area contributed by atoms with Gasteiger partial charge in [-0.25, -0.2) is 9.59 Å². The molecular weight excluding hydrogens is 468 g/mol. The van der Waals surface area contributed by atoms with Gasteiger partial charge in [0.15, 0.2) is 0 Å². The molecule has 3 rings (SSSR count). The van der Waals surface area contributed by atoms with Gasteiger partial charge in [0.25, 0.3) is 0 Å². The van der Waals surface area contributed by atoms with Crippen LogP contribution in [0.15, 0.2) is 103 Å². The molecule has 0 saturated carbocycles. The van der Waals surface area contributed by atoms with E-state index in [9.17, 15) is 14.4 Å². The number of esters is 1. The molecule has 0 heterocycles. The molecule has 2 amide bonds. The fourth-order valence-corrected chi connectivity index (χ4v) is 3.70. The summed E-state index contributed by atoms with van der Waals surface area (Å²) in [5.74, 6) is -0.893. The highest BCUT2D eigenvalue weighted by Crippen LogP contribution is 2.09. The average molecular weight is 501 g/mol. The molecule has 37 heavy (non-hydrogen) atoms. The highest BCUT2D eigenvalue weighted by molar-refractivity contribution is 5.86. The van der Waals surface area contributed by atoms with E-state index in [1.807, 2.05) is 91.0 Å². The third-order valence-corrected chi connectivity index (χ3v) is 5.68. The zero-order valence-corrected chi connectivity index (χ0v) is 20.8. The number of hydrogen-bond acceptors (Lipinski definition) is 5. The molecule has 1 unspecified atom stereocenters. The smallest absolute Gasteiger partial charge is 0.408 e. The van der Waals surface area contributed by atoms with Crippen molar-refractivity contribution in [2.75, 3.05) is 7.11 Å². The number of methoxy groups -OCH3 is 1. The number of carbonyl (C=O) groups excluding carboxylic acids is 3. The molecule has 0 bridgehead atoms. The van der Waals surface area contributed by atoms with E-state index in [4.69, 9.17) is 9.47 Å². The summed E-state index contributed by atoms with van der Waals surface area (Å²) in [6.07, 6.45) is 3.74. The fraction of sp³-hybridized carbons (Fsp3) is 0.233. The van der Waals surface area contributed by atoms with Crippen LogP contribution in [0.2, 0.25) is 0 Å². The summed E-state index contributed by atoms with van der Waals surface area (Å²) in [6.45, 7) is 0.0912. The lowest BCUT2D eigenvalue weighted by molar-refractivity contribution is -0.135. The lowest BCUT2D eigenvalue weighted by Crippen LogP contribution is -2.50. The van der Waals surface area contributed by atoms with Gasteiger partial charge >= 0.3 is 12.1 Å². The van der Waals surface area contributed by atoms with E-state index >= 15 is 0 Å². The Hall–Kier alpha value is -4.39. The standard InChI is InChI=1S/C30H32N2O5/c1-36-28(33)20-19-26(18-17-23-11-5-2-6-12-23)31-29(34)27(21-24-13-7-3-8-14-24)32-30(35)37-22-25-15-9-4-10-16-25/h2-16,19-20,26-27H,17-18,21-22H2,1H3,(H,31,34)(H,32,35)/b20-19+/t26?,27-/m0/s1. The fourth-order valence-electron chi connectivity index (χ4n) is 3.70. The predicted molar refractivity (Wildman–Crippen MR) is 142 cm³/mol. The Labute approximate surface area is 217 Å². The van der Waals surface area contributed by atoms with Crippen LogP contribution in [0.3, 0.4) is 0 Å². The Kier molecular flexibility index (Phi) is 10.9. The molecule has 192 valence electrons. The molecule has 3 aromatic carbocycles. The van der Waals surface area contributed by atoms with Crippen LogP contribution < -0.4 is 10.6 Å². The zero-order valence-electron chi connectivity index (χ0n) is 20.8. The topological polar surface area (TPSA) is 93.7 Å². The number of benzene rings is 3. The molecule has 3 aromatic rings. The third-order valence-electron chi connectivity index (χ3n) is 5.68. The van der Waals surface area contributed by atoms with Gasteiger partial charge in [0.05, 0.1) is 7.11 Å². The van der Waals surface area contributed by atoms with Gasteiger partial charge < -0.3 is 20.1 Å². The lowest BCUT2D eigenvalue weighted by Gasteiger charge is -2.22. The molecule has 7 heteroatoms. The van der Waals surface area contributed by atoms with Gasteiger partial charge in [-0.05, 0) is 29.5 Å². The second-order valence-corrected chi connectivity index (χ2v) is 8.47. The number of ether oxygens (including phenoxy) is 2. The number of carbonyl (C=O) groups is 3. The molecule has 0 spiro atoms. The summed E-state index contributed by atoms with van der Waals surface area (Å²) in [6, 6.07) is 27.3. The first-order valence-corrected chi connectivity index (χ1v) is 12.1. The molecule has 0 aliphatic heterocycles. The number of rotatable bonds is 12. The number of nitrogens with one attached hydrogen (secondary N) is 2. The largest absolute Gasteiger partial charge is 0.466 e. The van der Waals surface area contributed by atoms with Gasteiger partial charge in [-0.3, -0.25) is 4.79 Å². The zero-order chi connectivity index (χ0) is 26.3. The monoisotopic (exact) mass is 500 g/mol. The SMILES string of the molecule is COC(=O)/C=C/C(CCc1ccccc1)NC(=O)[C@H](Cc1ccccc1)NC(=O)OCc1ccccc1. The summed E-state index contributed by atoms with van der Waals surface area (Å²) in [7, 11) is 1.30. The molecule has 2 atom stereocenters. The number of alkyl carbamates (subject to hydrolysis) is 1. The maximum Gasteiger partial charge on any atom is 0.408 e. The van der Waals surface area contributed by atoms with Gasteiger partial charge in [0, 0.05) is 18.5 Å². The van der Waals surface area contributed by atoms with Gasteiger partial charge in [0.2, 0.25) is 5.91 Å². The number of amides is 2. The molecule has 0 aliphatic rings. The molecule has 0 aromatic heterocycles. The van der Waals surface area contributed by atoms with Crippen LogP contribution >= 0.6 is 0 Å². The molecule has 0 fully saturated rings. The van der Waals surface area contributed by atoms with Crippen molar-refractivity contribution in [1.29, 1.82) is 0 Å². The highest BCUT2D eigenvalue weighted by Gasteiger charge is 2.24. The molecule has 0 saturated heterocycles. The maximum atomic E-state index is 13.4. The minimum atomic E-state index is -0.878. The van der Waals surface area contributed by atoms with E-state index in [-0.39, 0.29) is 18.9 Å². The summed E-state index contributed by atoms with van der Waals surface area (Å²) in [5, 5.41) is 5.66. The Bertz CT molecular complexity index is 1150. The Balaban J connectivity index is 1.69. The highest BCUT2D eigenvalue weighted by atomic mass is 16.5. The van der Waals surface area contributed by atoms with Gasteiger partial charge in [-0.15, -0.1) is 0 Å². The average Bonchev–Trinajstić information content (AvgIpc) is 2.94. The summed E-state index contributed by atoms with van der Waals surface area (Å²) in [4.78, 5) is 37.6. The second kappa shape index (κ2) is 14.9. The van der Waals surface area contributed by atoms with E-state index < -0.39 is 24.1 Å². The van der Waals surface area contributed by atoms with E-state index in [0.29, 0.717) is 12.8 Å². The van der Waals surface area contributed by atoms with Gasteiger partial charge in [-0.1, -0.05) is 97.1 Å². The molecule has 0 radical (unpaired) electrons. The van der Waals surface area contributed by atoms with E-state index in [1.165, 1.54) is 13.2 Å². The Morgan fingerprint density at radius 3 is 1.95 bits per heavy atom. The maximum absolute atomic E-state index is 13.4. The van der Waals surface area contributed by atoms with Crippen LogP contribution in [0.25, 0.3) is 0 Å². The van der Waals surface area contributed by atoms with Crippen LogP contribution in [0.4, 0.5) is 4.79 Å². The van der Waals surface area contributed by atoms with E-state index in [1.54, 1.807) is 6.08 Å². The lowest BCUT2D eigenvalue weighted by atomic mass is 10.0. The van der Waals surface area contributed by atoms with Crippen LogP contribution in [0.5, 0.6) is 0 Å². The van der Waals surface area contributed by atoms with E-state index in [2.05, 4.69) is 10.6 Å². The van der Waals surface area contributed by atoms with Crippen molar-refractivity contribution in [3.63, 3.8) is 0 Å². The van der Waals surface area contributed by atoms with Crippen LogP contribution in [0, 0.1) is 0 Å². The summed E-state index contributed by atoms with van der Waals surface area (Å²) >= 11 is 0. The second-order valence-electron chi connectivity index (χ2n) is 8.47. The van der Waals surface area contributed by atoms with Crippen LogP contribution in [-0.4, -0.2) is 37.2 Å². The molecule has 7 nitrogen and oxygen atoms in total. The Morgan fingerprint density at radius 1 is 0.784 bits per heavy atom. The first-order chi connectivity index (χ1) is 18.0. The minimum absolute atomic E-state index is 0.0912. The van der Waals surface area contributed by atoms with Crippen LogP contribution in [-0.2, 0) is 38.5 Å². The van der Waals surface area contributed by atoms with Crippen molar-refractivity contribution in [3.05, 3.63) is 120 Å². The van der Waals surface area contributed by atoms with Crippen molar-refractivity contribution in [2.45, 2.75) is 38.0 Å². The Morgan fingerprint density at radius 2 is 1.35 bits per heavy atom. The quantitative estimate of drug-likeness (QED) is 0.285. The van der Waals surface area contributed by atoms with Crippen molar-refractivity contribution in [3.8, 4) is 0 Å². The third kappa shape index (κ3) is 10.0. The van der Waals surface area contributed by atoms with E-state index in [0.717, 1.165) is 16.7 Å². The predicted octanol–water partition coefficient (Wildman–Crippen LogP) is 4.37. The summed E-state index contributed by atoms with van der Waals surface area (Å²) < 4.78 is 10.0.